The van der Waals surface area contributed by atoms with Gasteiger partial charge in [0, 0.05) is 48.3 Å². The summed E-state index contributed by atoms with van der Waals surface area (Å²) in [5, 5.41) is 7.44. The minimum Gasteiger partial charge on any atom is -0.423 e. The lowest BCUT2D eigenvalue weighted by atomic mass is 10.0. The standard InChI is InChI=1S/C28H27ClN6O/c1-19-18-25(22-6-2-3-7-23(22)29)31-27(33-28-32-24-8-4-5-9-26(24)36-28)35(19)21-12-10-20(11-13-21)34-16-14-30-15-17-34/h2-13,18,25,30H,14-17H2,1H3,(H,31,32,33). The first-order chi connectivity index (χ1) is 17.7. The van der Waals surface area contributed by atoms with E-state index in [1.54, 1.807) is 0 Å². The topological polar surface area (TPSA) is 68.9 Å². The number of aromatic nitrogens is 1. The van der Waals surface area contributed by atoms with Gasteiger partial charge in [-0.2, -0.15) is 4.98 Å². The molecule has 7 nitrogen and oxygen atoms in total. The van der Waals surface area contributed by atoms with E-state index in [4.69, 9.17) is 21.0 Å². The third-order valence-electron chi connectivity index (χ3n) is 6.55. The Kier molecular flexibility index (Phi) is 6.09. The maximum absolute atomic E-state index is 6.54. The molecule has 0 radical (unpaired) electrons. The second-order valence-electron chi connectivity index (χ2n) is 8.93. The van der Waals surface area contributed by atoms with Gasteiger partial charge >= 0.3 is 6.01 Å². The van der Waals surface area contributed by atoms with Crippen molar-refractivity contribution in [2.24, 2.45) is 4.99 Å². The number of aliphatic imine (C=N–C) groups is 1. The average Bonchev–Trinajstić information content (AvgIpc) is 3.32. The Morgan fingerprint density at radius 2 is 1.67 bits per heavy atom. The second kappa shape index (κ2) is 9.68. The summed E-state index contributed by atoms with van der Waals surface area (Å²) >= 11 is 6.54. The minimum absolute atomic E-state index is 0.234. The van der Waals surface area contributed by atoms with Crippen LogP contribution in [0, 0.1) is 0 Å². The molecule has 1 unspecified atom stereocenters. The van der Waals surface area contributed by atoms with Gasteiger partial charge in [0.1, 0.15) is 11.6 Å². The van der Waals surface area contributed by atoms with E-state index in [0.717, 1.165) is 54.2 Å². The molecule has 0 amide bonds. The molecule has 182 valence electrons. The fourth-order valence-corrected chi connectivity index (χ4v) is 4.99. The highest BCUT2D eigenvalue weighted by atomic mass is 35.5. The molecule has 2 N–H and O–H groups in total. The van der Waals surface area contributed by atoms with Gasteiger partial charge in [0.05, 0.1) is 0 Å². The van der Waals surface area contributed by atoms with Crippen LogP contribution in [0.5, 0.6) is 0 Å². The fraction of sp³-hybridized carbons (Fsp3) is 0.214. The van der Waals surface area contributed by atoms with E-state index in [0.29, 0.717) is 17.0 Å². The van der Waals surface area contributed by atoms with Gasteiger partial charge in [-0.25, -0.2) is 4.99 Å². The van der Waals surface area contributed by atoms with Crippen LogP contribution in [0.4, 0.5) is 17.4 Å². The van der Waals surface area contributed by atoms with Crippen LogP contribution in [0.25, 0.3) is 11.1 Å². The van der Waals surface area contributed by atoms with Gasteiger partial charge in [0.2, 0.25) is 5.96 Å². The molecule has 1 fully saturated rings. The van der Waals surface area contributed by atoms with E-state index in [2.05, 4.69) is 62.7 Å². The lowest BCUT2D eigenvalue weighted by molar-refractivity contribution is 0.589. The van der Waals surface area contributed by atoms with Gasteiger partial charge in [0.15, 0.2) is 5.58 Å². The largest absolute Gasteiger partial charge is 0.423 e. The van der Waals surface area contributed by atoms with Crippen LogP contribution in [-0.2, 0) is 0 Å². The Balaban J connectivity index is 1.36. The zero-order valence-electron chi connectivity index (χ0n) is 20.0. The predicted molar refractivity (Wildman–Crippen MR) is 147 cm³/mol. The van der Waals surface area contributed by atoms with E-state index < -0.39 is 0 Å². The lowest BCUT2D eigenvalue weighted by Gasteiger charge is -2.33. The third-order valence-corrected chi connectivity index (χ3v) is 6.90. The number of hydrogen-bond donors (Lipinski definition) is 2. The highest BCUT2D eigenvalue weighted by Gasteiger charge is 2.26. The van der Waals surface area contributed by atoms with Crippen LogP contribution in [-0.4, -0.2) is 37.1 Å². The van der Waals surface area contributed by atoms with Gasteiger partial charge < -0.3 is 14.6 Å². The van der Waals surface area contributed by atoms with Crippen LogP contribution < -0.4 is 20.4 Å². The van der Waals surface area contributed by atoms with E-state index in [1.165, 1.54) is 5.69 Å². The van der Waals surface area contributed by atoms with Crippen molar-refractivity contribution >= 4 is 46.0 Å². The molecule has 4 aromatic rings. The van der Waals surface area contributed by atoms with Crippen molar-refractivity contribution in [2.75, 3.05) is 41.3 Å². The molecule has 0 saturated carbocycles. The first kappa shape index (κ1) is 22.6. The molecule has 3 aromatic carbocycles. The molecule has 1 saturated heterocycles. The number of anilines is 3. The second-order valence-corrected chi connectivity index (χ2v) is 9.33. The Morgan fingerprint density at radius 3 is 2.44 bits per heavy atom. The monoisotopic (exact) mass is 498 g/mol. The molecule has 1 atom stereocenters. The SMILES string of the molecule is CC1=CC(c2ccccc2Cl)N=C(Nc2nc3ccccc3o2)N1c1ccc(N2CCNCC2)cc1. The van der Waals surface area contributed by atoms with Crippen molar-refractivity contribution in [3.8, 4) is 0 Å². The molecule has 6 rings (SSSR count). The number of nitrogens with zero attached hydrogens (tertiary/aromatic N) is 4. The van der Waals surface area contributed by atoms with E-state index in [1.807, 2.05) is 48.5 Å². The van der Waals surface area contributed by atoms with Crippen LogP contribution >= 0.6 is 11.6 Å². The Morgan fingerprint density at radius 1 is 0.944 bits per heavy atom. The Bertz CT molecular complexity index is 1400. The summed E-state index contributed by atoms with van der Waals surface area (Å²) < 4.78 is 5.97. The number of hydrogen-bond acceptors (Lipinski definition) is 7. The summed E-state index contributed by atoms with van der Waals surface area (Å²) in [7, 11) is 0. The number of benzene rings is 3. The zero-order chi connectivity index (χ0) is 24.5. The smallest absolute Gasteiger partial charge is 0.302 e. The Hall–Kier alpha value is -3.81. The van der Waals surface area contributed by atoms with Crippen molar-refractivity contribution < 1.29 is 4.42 Å². The molecule has 36 heavy (non-hydrogen) atoms. The third kappa shape index (κ3) is 4.43. The maximum Gasteiger partial charge on any atom is 0.302 e. The van der Waals surface area contributed by atoms with E-state index >= 15 is 0 Å². The summed E-state index contributed by atoms with van der Waals surface area (Å²) in [6, 6.07) is 24.3. The average molecular weight is 499 g/mol. The molecule has 0 aliphatic carbocycles. The Labute approximate surface area is 215 Å². The highest BCUT2D eigenvalue weighted by Crippen LogP contribution is 2.34. The number of piperazine rings is 1. The minimum atomic E-state index is -0.234. The molecular weight excluding hydrogens is 472 g/mol. The number of fused-ring (bicyclic) bond motifs is 1. The number of halogens is 1. The molecule has 3 heterocycles. The summed E-state index contributed by atoms with van der Waals surface area (Å²) in [6.45, 7) is 6.10. The quantitative estimate of drug-likeness (QED) is 0.369. The first-order valence-electron chi connectivity index (χ1n) is 12.1. The van der Waals surface area contributed by atoms with Crippen LogP contribution in [0.15, 0.2) is 94.0 Å². The van der Waals surface area contributed by atoms with Gasteiger partial charge in [-0.05, 0) is 61.0 Å². The number of nitrogens with one attached hydrogen (secondary N) is 2. The predicted octanol–water partition coefficient (Wildman–Crippen LogP) is 5.82. The summed E-state index contributed by atoms with van der Waals surface area (Å²) in [5.74, 6) is 0.626. The molecule has 2 aliphatic rings. The van der Waals surface area contributed by atoms with Crippen molar-refractivity contribution in [3.63, 3.8) is 0 Å². The van der Waals surface area contributed by atoms with E-state index in [-0.39, 0.29) is 6.04 Å². The molecule has 8 heteroatoms. The number of para-hydroxylation sites is 2. The van der Waals surface area contributed by atoms with Crippen molar-refractivity contribution in [1.82, 2.24) is 10.3 Å². The van der Waals surface area contributed by atoms with Crippen LogP contribution in [0.3, 0.4) is 0 Å². The molecule has 2 aliphatic heterocycles. The summed E-state index contributed by atoms with van der Waals surface area (Å²) in [6.07, 6.45) is 2.13. The zero-order valence-corrected chi connectivity index (χ0v) is 20.7. The highest BCUT2D eigenvalue weighted by molar-refractivity contribution is 6.31. The van der Waals surface area contributed by atoms with Gasteiger partial charge in [0.25, 0.3) is 0 Å². The van der Waals surface area contributed by atoms with Crippen molar-refractivity contribution in [2.45, 2.75) is 13.0 Å². The first-order valence-corrected chi connectivity index (χ1v) is 12.5. The molecular formula is C28H27ClN6O. The van der Waals surface area contributed by atoms with Crippen molar-refractivity contribution in [3.05, 3.63) is 95.2 Å². The molecule has 1 aromatic heterocycles. The van der Waals surface area contributed by atoms with Gasteiger partial charge in [-0.3, -0.25) is 10.2 Å². The number of allylic oxidation sites excluding steroid dienone is 1. The van der Waals surface area contributed by atoms with E-state index in [9.17, 15) is 0 Å². The van der Waals surface area contributed by atoms with Crippen molar-refractivity contribution in [1.29, 1.82) is 0 Å². The number of rotatable bonds is 4. The number of guanidine groups is 1. The maximum atomic E-state index is 6.54. The van der Waals surface area contributed by atoms with Gasteiger partial charge in [-0.1, -0.05) is 41.9 Å². The van der Waals surface area contributed by atoms with Gasteiger partial charge in [-0.15, -0.1) is 0 Å². The molecule has 0 spiro atoms. The summed E-state index contributed by atoms with van der Waals surface area (Å²) in [4.78, 5) is 14.1. The fourth-order valence-electron chi connectivity index (χ4n) is 4.74. The summed E-state index contributed by atoms with van der Waals surface area (Å²) in [5.41, 5.74) is 5.71. The molecule has 0 bridgehead atoms. The normalized spacial score (nSPS) is 18.2. The lowest BCUT2D eigenvalue weighted by Crippen LogP contribution is -2.43. The number of oxazole rings is 1. The van der Waals surface area contributed by atoms with Crippen LogP contribution in [0.2, 0.25) is 5.02 Å². The van der Waals surface area contributed by atoms with Crippen LogP contribution in [0.1, 0.15) is 18.5 Å².